The van der Waals surface area contributed by atoms with Crippen molar-refractivity contribution in [1.29, 1.82) is 0 Å². The maximum absolute atomic E-state index is 12.8. The third-order valence-electron chi connectivity index (χ3n) is 4.21. The van der Waals surface area contributed by atoms with Crippen LogP contribution in [0.1, 0.15) is 38.4 Å². The predicted molar refractivity (Wildman–Crippen MR) is 109 cm³/mol. The molecule has 32 heavy (non-hydrogen) atoms. The lowest BCUT2D eigenvalue weighted by molar-refractivity contribution is -0.137. The number of alkyl halides is 3. The van der Waals surface area contributed by atoms with Crippen molar-refractivity contribution in [2.45, 2.75) is 19.5 Å². The molecule has 2 aromatic heterocycles. The molecule has 0 aliphatic rings. The summed E-state index contributed by atoms with van der Waals surface area (Å²) in [5.74, 6) is 4.66. The molecular weight excluding hydrogens is 423 g/mol. The van der Waals surface area contributed by atoms with Crippen LogP contribution in [0.15, 0.2) is 48.9 Å². The fourth-order valence-corrected chi connectivity index (χ4v) is 2.57. The average molecular weight is 439 g/mol. The minimum absolute atomic E-state index is 0.0787. The van der Waals surface area contributed by atoms with Crippen LogP contribution in [0.5, 0.6) is 0 Å². The number of anilines is 1. The van der Waals surface area contributed by atoms with Crippen LogP contribution in [0.25, 0.3) is 0 Å². The Morgan fingerprint density at radius 2 is 1.78 bits per heavy atom. The summed E-state index contributed by atoms with van der Waals surface area (Å²) < 4.78 is 38.5. The summed E-state index contributed by atoms with van der Waals surface area (Å²) in [6.07, 6.45) is -0.754. The molecule has 0 unspecified atom stereocenters. The molecule has 162 valence electrons. The van der Waals surface area contributed by atoms with Crippen molar-refractivity contribution >= 4 is 17.6 Å². The van der Waals surface area contributed by atoms with Crippen molar-refractivity contribution in [2.75, 3.05) is 5.32 Å². The van der Waals surface area contributed by atoms with Gasteiger partial charge < -0.3 is 11.1 Å². The van der Waals surface area contributed by atoms with Gasteiger partial charge in [0.05, 0.1) is 17.5 Å². The largest absolute Gasteiger partial charge is 0.416 e. The summed E-state index contributed by atoms with van der Waals surface area (Å²) in [6.45, 7) is 1.80. The third kappa shape index (κ3) is 5.89. The van der Waals surface area contributed by atoms with Crippen LogP contribution in [-0.4, -0.2) is 26.8 Å². The molecule has 0 radical (unpaired) electrons. The summed E-state index contributed by atoms with van der Waals surface area (Å²) in [5.41, 5.74) is 6.19. The Hall–Kier alpha value is -4.26. The van der Waals surface area contributed by atoms with E-state index in [9.17, 15) is 22.8 Å². The van der Waals surface area contributed by atoms with E-state index in [1.807, 2.05) is 0 Å². The molecule has 0 aliphatic heterocycles. The minimum atomic E-state index is -4.54. The van der Waals surface area contributed by atoms with Gasteiger partial charge in [-0.3, -0.25) is 9.59 Å². The number of halogens is 3. The molecule has 2 amide bonds. The van der Waals surface area contributed by atoms with E-state index in [1.54, 1.807) is 13.0 Å². The van der Waals surface area contributed by atoms with E-state index in [4.69, 9.17) is 5.73 Å². The number of nitrogens with one attached hydrogen (secondary N) is 1. The number of aryl methyl sites for hydroxylation is 1. The highest BCUT2D eigenvalue weighted by Gasteiger charge is 2.30. The second-order valence-corrected chi connectivity index (χ2v) is 6.69. The number of carbonyl (C=O) groups is 2. The van der Waals surface area contributed by atoms with E-state index in [0.29, 0.717) is 11.1 Å². The number of carbonyl (C=O) groups excluding carboxylic acids is 2. The van der Waals surface area contributed by atoms with Crippen LogP contribution < -0.4 is 11.1 Å². The molecule has 10 heteroatoms. The van der Waals surface area contributed by atoms with Gasteiger partial charge in [0.2, 0.25) is 5.91 Å². The van der Waals surface area contributed by atoms with Gasteiger partial charge >= 0.3 is 6.18 Å². The molecule has 2 heterocycles. The fraction of sp³-hybridized carbons (Fsp3) is 0.136. The highest BCUT2D eigenvalue weighted by Crippen LogP contribution is 2.30. The van der Waals surface area contributed by atoms with Gasteiger partial charge in [-0.05, 0) is 36.8 Å². The number of hydrogen-bond acceptors (Lipinski definition) is 5. The average Bonchev–Trinajstić information content (AvgIpc) is 2.73. The van der Waals surface area contributed by atoms with Gasteiger partial charge in [0.1, 0.15) is 11.6 Å². The van der Waals surface area contributed by atoms with Gasteiger partial charge in [0.15, 0.2) is 0 Å². The Labute approximate surface area is 180 Å². The van der Waals surface area contributed by atoms with Gasteiger partial charge in [-0.2, -0.15) is 13.2 Å². The zero-order valence-corrected chi connectivity index (χ0v) is 16.7. The van der Waals surface area contributed by atoms with Gasteiger partial charge in [-0.25, -0.2) is 15.0 Å². The second-order valence-electron chi connectivity index (χ2n) is 6.69. The van der Waals surface area contributed by atoms with E-state index in [0.717, 1.165) is 23.9 Å². The molecular formula is C22H16F3N5O2. The number of rotatable bonds is 4. The van der Waals surface area contributed by atoms with Gasteiger partial charge in [-0.15, -0.1) is 0 Å². The van der Waals surface area contributed by atoms with Crippen molar-refractivity contribution in [2.24, 2.45) is 5.73 Å². The predicted octanol–water partition coefficient (Wildman–Crippen LogP) is 2.88. The van der Waals surface area contributed by atoms with Gasteiger partial charge in [0, 0.05) is 29.7 Å². The monoisotopic (exact) mass is 439 g/mol. The second kappa shape index (κ2) is 9.26. The normalized spacial score (nSPS) is 10.8. The number of aromatic nitrogens is 3. The lowest BCUT2D eigenvalue weighted by Gasteiger charge is -2.09. The molecule has 1 aromatic carbocycles. The molecule has 0 saturated heterocycles. The first-order valence-corrected chi connectivity index (χ1v) is 9.18. The molecule has 3 aromatic rings. The fourth-order valence-electron chi connectivity index (χ4n) is 2.57. The number of amides is 2. The standard InChI is InChI=1S/C22H16F3N5O2/c1-13-2-4-16(21(32)30-20-9-17(6-7-27-20)22(23,24)25)8-15(13)5-3-14-11-28-19(29-12-14)10-18(26)31/h2,4,6-9,11-12H,10H2,1H3,(H2,26,31)(H,27,30,32). The molecule has 7 nitrogen and oxygen atoms in total. The van der Waals surface area contributed by atoms with Crippen LogP contribution in [0.2, 0.25) is 0 Å². The topological polar surface area (TPSA) is 111 Å². The molecule has 0 spiro atoms. The summed E-state index contributed by atoms with van der Waals surface area (Å²) in [7, 11) is 0. The lowest BCUT2D eigenvalue weighted by atomic mass is 10.0. The maximum Gasteiger partial charge on any atom is 0.416 e. The zero-order chi connectivity index (χ0) is 23.3. The van der Waals surface area contributed by atoms with Crippen LogP contribution in [0.3, 0.4) is 0 Å². The van der Waals surface area contributed by atoms with Crippen molar-refractivity contribution in [1.82, 2.24) is 15.0 Å². The Kier molecular flexibility index (Phi) is 6.49. The Morgan fingerprint density at radius 3 is 2.44 bits per heavy atom. The van der Waals surface area contributed by atoms with Crippen LogP contribution in [0.4, 0.5) is 19.0 Å². The highest BCUT2D eigenvalue weighted by molar-refractivity contribution is 6.04. The summed E-state index contributed by atoms with van der Waals surface area (Å²) in [5, 5.41) is 2.36. The lowest BCUT2D eigenvalue weighted by Crippen LogP contribution is -2.15. The van der Waals surface area contributed by atoms with Crippen molar-refractivity contribution in [3.05, 3.63) is 82.6 Å². The molecule has 0 bridgehead atoms. The Balaban J connectivity index is 1.78. The van der Waals surface area contributed by atoms with Crippen LogP contribution in [-0.2, 0) is 17.4 Å². The van der Waals surface area contributed by atoms with Crippen molar-refractivity contribution in [3.63, 3.8) is 0 Å². The molecule has 3 rings (SSSR count). The molecule has 3 N–H and O–H groups in total. The van der Waals surface area contributed by atoms with E-state index >= 15 is 0 Å². The minimum Gasteiger partial charge on any atom is -0.369 e. The van der Waals surface area contributed by atoms with Crippen molar-refractivity contribution in [3.8, 4) is 11.8 Å². The first-order chi connectivity index (χ1) is 15.1. The SMILES string of the molecule is Cc1ccc(C(=O)Nc2cc(C(F)(F)F)ccn2)cc1C#Cc1cnc(CC(N)=O)nc1. The van der Waals surface area contributed by atoms with Gasteiger partial charge in [-0.1, -0.05) is 17.9 Å². The summed E-state index contributed by atoms with van der Waals surface area (Å²) in [6, 6.07) is 6.30. The van der Waals surface area contributed by atoms with Gasteiger partial charge in [0.25, 0.3) is 5.91 Å². The summed E-state index contributed by atoms with van der Waals surface area (Å²) >= 11 is 0. The number of nitrogens with zero attached hydrogens (tertiary/aromatic N) is 3. The zero-order valence-electron chi connectivity index (χ0n) is 16.7. The Bertz CT molecular complexity index is 1230. The molecule has 0 saturated carbocycles. The third-order valence-corrected chi connectivity index (χ3v) is 4.21. The van der Waals surface area contributed by atoms with E-state index in [-0.39, 0.29) is 23.6 Å². The molecule has 0 aliphatic carbocycles. The highest BCUT2D eigenvalue weighted by atomic mass is 19.4. The maximum atomic E-state index is 12.8. The molecule has 0 fully saturated rings. The molecule has 0 atom stereocenters. The van der Waals surface area contributed by atoms with Crippen LogP contribution >= 0.6 is 0 Å². The first kappa shape index (κ1) is 22.4. The first-order valence-electron chi connectivity index (χ1n) is 9.18. The number of nitrogens with two attached hydrogens (primary N) is 1. The number of primary amides is 1. The Morgan fingerprint density at radius 1 is 1.06 bits per heavy atom. The van der Waals surface area contributed by atoms with E-state index < -0.39 is 23.6 Å². The number of pyridine rings is 1. The number of benzene rings is 1. The van der Waals surface area contributed by atoms with E-state index in [1.165, 1.54) is 24.5 Å². The smallest absolute Gasteiger partial charge is 0.369 e. The van der Waals surface area contributed by atoms with Crippen molar-refractivity contribution < 1.29 is 22.8 Å². The van der Waals surface area contributed by atoms with Crippen LogP contribution in [0, 0.1) is 18.8 Å². The van der Waals surface area contributed by atoms with E-state index in [2.05, 4.69) is 32.1 Å². The number of hydrogen-bond donors (Lipinski definition) is 2. The quantitative estimate of drug-likeness (QED) is 0.608. The summed E-state index contributed by atoms with van der Waals surface area (Å²) in [4.78, 5) is 35.2.